The first-order chi connectivity index (χ1) is 7.84. The molecule has 0 bridgehead atoms. The highest BCUT2D eigenvalue weighted by Gasteiger charge is 2.09. The Hall–Kier alpha value is -1.16. The molecule has 2 rings (SSSR count). The van der Waals surface area contributed by atoms with Crippen LogP contribution in [0.15, 0.2) is 12.4 Å². The van der Waals surface area contributed by atoms with Crippen molar-refractivity contribution in [2.24, 2.45) is 0 Å². The van der Waals surface area contributed by atoms with Crippen LogP contribution in [0.5, 0.6) is 0 Å². The second kappa shape index (κ2) is 5.80. The second-order valence-electron chi connectivity index (χ2n) is 4.37. The molecule has 1 aliphatic rings. The summed E-state index contributed by atoms with van der Waals surface area (Å²) in [6.45, 7) is 6.75. The number of aryl methyl sites for hydroxylation is 1. The maximum atomic E-state index is 4.17. The third-order valence-electron chi connectivity index (χ3n) is 2.96. The summed E-state index contributed by atoms with van der Waals surface area (Å²) in [5.74, 6) is 0.939. The van der Waals surface area contributed by atoms with Crippen LogP contribution in [-0.4, -0.2) is 41.0 Å². The van der Waals surface area contributed by atoms with Gasteiger partial charge in [0, 0.05) is 18.3 Å². The molecule has 0 amide bonds. The van der Waals surface area contributed by atoms with Gasteiger partial charge >= 0.3 is 0 Å². The van der Waals surface area contributed by atoms with E-state index in [0.29, 0.717) is 0 Å². The van der Waals surface area contributed by atoms with Crippen molar-refractivity contribution in [3.8, 4) is 0 Å². The van der Waals surface area contributed by atoms with Crippen LogP contribution in [0.1, 0.15) is 25.0 Å². The molecule has 1 fully saturated rings. The number of hydrogen-bond acceptors (Lipinski definition) is 4. The quantitative estimate of drug-likeness (QED) is 0.767. The van der Waals surface area contributed by atoms with Gasteiger partial charge in [0.2, 0.25) is 0 Å². The predicted molar refractivity (Wildman–Crippen MR) is 65.5 cm³/mol. The predicted octanol–water partition coefficient (Wildman–Crippen LogP) is 1.68. The third-order valence-corrected chi connectivity index (χ3v) is 2.96. The Bertz CT molecular complexity index is 321. The zero-order valence-corrected chi connectivity index (χ0v) is 9.95. The molecule has 4 nitrogen and oxygen atoms in total. The fourth-order valence-electron chi connectivity index (χ4n) is 2.08. The van der Waals surface area contributed by atoms with Crippen LogP contribution in [0.2, 0.25) is 0 Å². The summed E-state index contributed by atoms with van der Waals surface area (Å²) in [5, 5.41) is 3.33. The molecule has 1 aliphatic heterocycles. The molecule has 0 radical (unpaired) electrons. The highest BCUT2D eigenvalue weighted by atomic mass is 15.1. The van der Waals surface area contributed by atoms with Gasteiger partial charge in [0.1, 0.15) is 12.1 Å². The molecule has 1 aromatic heterocycles. The molecular weight excluding hydrogens is 200 g/mol. The van der Waals surface area contributed by atoms with E-state index >= 15 is 0 Å². The molecular formula is C12H20N4. The molecule has 1 saturated heterocycles. The van der Waals surface area contributed by atoms with Gasteiger partial charge in [0.15, 0.2) is 0 Å². The fourth-order valence-corrected chi connectivity index (χ4v) is 2.08. The minimum absolute atomic E-state index is 0.939. The SMILES string of the molecule is Cc1cc(NCCCN2CCCC2)ncn1. The molecule has 1 N–H and O–H groups in total. The molecule has 88 valence electrons. The lowest BCUT2D eigenvalue weighted by molar-refractivity contribution is 0.337. The first-order valence-corrected chi connectivity index (χ1v) is 6.09. The molecule has 0 aromatic carbocycles. The lowest BCUT2D eigenvalue weighted by Crippen LogP contribution is -2.22. The molecule has 2 heterocycles. The van der Waals surface area contributed by atoms with Crippen molar-refractivity contribution < 1.29 is 0 Å². The van der Waals surface area contributed by atoms with Crippen molar-refractivity contribution in [3.63, 3.8) is 0 Å². The number of hydrogen-bond donors (Lipinski definition) is 1. The summed E-state index contributed by atoms with van der Waals surface area (Å²) in [5.41, 5.74) is 1.01. The molecule has 0 unspecified atom stereocenters. The summed E-state index contributed by atoms with van der Waals surface area (Å²) in [6.07, 6.45) is 5.54. The van der Waals surface area contributed by atoms with E-state index in [0.717, 1.165) is 18.1 Å². The number of aromatic nitrogens is 2. The van der Waals surface area contributed by atoms with E-state index in [2.05, 4.69) is 20.2 Å². The van der Waals surface area contributed by atoms with Crippen LogP contribution in [-0.2, 0) is 0 Å². The maximum absolute atomic E-state index is 4.17. The molecule has 0 aliphatic carbocycles. The molecule has 1 aromatic rings. The van der Waals surface area contributed by atoms with E-state index in [1.807, 2.05) is 13.0 Å². The van der Waals surface area contributed by atoms with E-state index < -0.39 is 0 Å². The monoisotopic (exact) mass is 220 g/mol. The highest BCUT2D eigenvalue weighted by molar-refractivity contribution is 5.34. The second-order valence-corrected chi connectivity index (χ2v) is 4.37. The third kappa shape index (κ3) is 3.45. The number of nitrogens with one attached hydrogen (secondary N) is 1. The van der Waals surface area contributed by atoms with Crippen molar-refractivity contribution in [1.82, 2.24) is 14.9 Å². The normalized spacial score (nSPS) is 16.6. The largest absolute Gasteiger partial charge is 0.370 e. The minimum atomic E-state index is 0.939. The lowest BCUT2D eigenvalue weighted by Gasteiger charge is -2.14. The minimum Gasteiger partial charge on any atom is -0.370 e. The van der Waals surface area contributed by atoms with E-state index in [-0.39, 0.29) is 0 Å². The maximum Gasteiger partial charge on any atom is 0.129 e. The van der Waals surface area contributed by atoms with Crippen LogP contribution in [0.3, 0.4) is 0 Å². The topological polar surface area (TPSA) is 41.0 Å². The fraction of sp³-hybridized carbons (Fsp3) is 0.667. The highest BCUT2D eigenvalue weighted by Crippen LogP contribution is 2.08. The zero-order valence-electron chi connectivity index (χ0n) is 9.95. The van der Waals surface area contributed by atoms with Crippen molar-refractivity contribution in [2.75, 3.05) is 31.5 Å². The van der Waals surface area contributed by atoms with Crippen molar-refractivity contribution in [3.05, 3.63) is 18.1 Å². The number of likely N-dealkylation sites (tertiary alicyclic amines) is 1. The summed E-state index contributed by atoms with van der Waals surface area (Å²) in [7, 11) is 0. The van der Waals surface area contributed by atoms with Gasteiger partial charge in [0.25, 0.3) is 0 Å². The van der Waals surface area contributed by atoms with Crippen LogP contribution >= 0.6 is 0 Å². The van der Waals surface area contributed by atoms with Gasteiger partial charge in [0.05, 0.1) is 0 Å². The Balaban J connectivity index is 1.64. The van der Waals surface area contributed by atoms with E-state index in [9.17, 15) is 0 Å². The van der Waals surface area contributed by atoms with E-state index in [4.69, 9.17) is 0 Å². The molecule has 0 atom stereocenters. The van der Waals surface area contributed by atoms with Gasteiger partial charge in [-0.3, -0.25) is 0 Å². The van der Waals surface area contributed by atoms with Crippen molar-refractivity contribution in [1.29, 1.82) is 0 Å². The smallest absolute Gasteiger partial charge is 0.129 e. The van der Waals surface area contributed by atoms with Gasteiger partial charge in [-0.25, -0.2) is 9.97 Å². The van der Waals surface area contributed by atoms with E-state index in [1.165, 1.54) is 38.9 Å². The first kappa shape index (κ1) is 11.3. The Morgan fingerprint density at radius 1 is 1.31 bits per heavy atom. The average Bonchev–Trinajstić information content (AvgIpc) is 2.77. The van der Waals surface area contributed by atoms with Gasteiger partial charge < -0.3 is 10.2 Å². The van der Waals surface area contributed by atoms with Crippen LogP contribution in [0.25, 0.3) is 0 Å². The van der Waals surface area contributed by atoms with Crippen LogP contribution in [0.4, 0.5) is 5.82 Å². The summed E-state index contributed by atoms with van der Waals surface area (Å²) in [6, 6.07) is 1.98. The Morgan fingerprint density at radius 2 is 2.12 bits per heavy atom. The van der Waals surface area contributed by atoms with Crippen LogP contribution in [0, 0.1) is 6.92 Å². The van der Waals surface area contributed by atoms with Crippen molar-refractivity contribution in [2.45, 2.75) is 26.2 Å². The van der Waals surface area contributed by atoms with Gasteiger partial charge in [-0.1, -0.05) is 0 Å². The lowest BCUT2D eigenvalue weighted by atomic mass is 10.3. The van der Waals surface area contributed by atoms with Gasteiger partial charge in [-0.15, -0.1) is 0 Å². The number of nitrogens with zero attached hydrogens (tertiary/aromatic N) is 3. The first-order valence-electron chi connectivity index (χ1n) is 6.09. The summed E-state index contributed by atoms with van der Waals surface area (Å²) < 4.78 is 0. The number of rotatable bonds is 5. The Labute approximate surface area is 97.1 Å². The molecule has 16 heavy (non-hydrogen) atoms. The van der Waals surface area contributed by atoms with E-state index in [1.54, 1.807) is 6.33 Å². The summed E-state index contributed by atoms with van der Waals surface area (Å²) >= 11 is 0. The average molecular weight is 220 g/mol. The molecule has 4 heteroatoms. The number of anilines is 1. The van der Waals surface area contributed by atoms with Crippen LogP contribution < -0.4 is 5.32 Å². The van der Waals surface area contributed by atoms with Crippen molar-refractivity contribution >= 4 is 5.82 Å². The van der Waals surface area contributed by atoms with Gasteiger partial charge in [-0.2, -0.15) is 0 Å². The Kier molecular flexibility index (Phi) is 4.10. The molecule has 0 saturated carbocycles. The molecule has 0 spiro atoms. The zero-order chi connectivity index (χ0) is 11.2. The summed E-state index contributed by atoms with van der Waals surface area (Å²) in [4.78, 5) is 10.8. The standard InChI is InChI=1S/C12H20N4/c1-11-9-12(15-10-14-11)13-5-4-8-16-6-2-3-7-16/h9-10H,2-8H2,1H3,(H,13,14,15). The van der Waals surface area contributed by atoms with Gasteiger partial charge in [-0.05, 0) is 45.8 Å². The Morgan fingerprint density at radius 3 is 2.88 bits per heavy atom.